The molecule has 1 aromatic carbocycles. The van der Waals surface area contributed by atoms with Gasteiger partial charge >= 0.3 is 0 Å². The summed E-state index contributed by atoms with van der Waals surface area (Å²) in [5.74, 6) is 0.358. The Kier molecular flexibility index (Phi) is 5.89. The molecule has 0 bridgehead atoms. The van der Waals surface area contributed by atoms with Gasteiger partial charge in [-0.25, -0.2) is 0 Å². The van der Waals surface area contributed by atoms with Crippen molar-refractivity contribution in [1.82, 2.24) is 10.2 Å². The quantitative estimate of drug-likeness (QED) is 0.878. The van der Waals surface area contributed by atoms with Gasteiger partial charge in [0.05, 0.1) is 12.6 Å². The molecule has 2 amide bonds. The van der Waals surface area contributed by atoms with E-state index >= 15 is 0 Å². The fourth-order valence-corrected chi connectivity index (χ4v) is 4.22. The zero-order valence-corrected chi connectivity index (χ0v) is 16.9. The Bertz CT molecular complexity index is 665. The van der Waals surface area contributed by atoms with Crippen molar-refractivity contribution in [3.63, 3.8) is 0 Å². The number of nitrogens with zero attached hydrogens (tertiary/aromatic N) is 1. The number of carbonyl (C=O) groups excluding carboxylic acids is 2. The van der Waals surface area contributed by atoms with Crippen molar-refractivity contribution in [1.29, 1.82) is 0 Å². The zero-order valence-electron chi connectivity index (χ0n) is 16.9. The standard InChI is InChI=1S/C22H32N2O3/c1-15(2)21(26)24-19(14-27-22(24)12-10-16(3)11-13-22)20(25)23-17(4)18-8-6-5-7-9-18/h5-9,15-17,19H,10-14H2,1-4H3,(H,23,25). The van der Waals surface area contributed by atoms with Crippen LogP contribution in [0.3, 0.4) is 0 Å². The highest BCUT2D eigenvalue weighted by Crippen LogP contribution is 2.43. The minimum absolute atomic E-state index is 0.00886. The molecule has 1 aromatic rings. The summed E-state index contributed by atoms with van der Waals surface area (Å²) in [6, 6.07) is 9.21. The SMILES string of the molecule is CC1CCC2(CC1)OCC(C(=O)NC(C)c1ccccc1)N2C(=O)C(C)C. The summed E-state index contributed by atoms with van der Waals surface area (Å²) in [4.78, 5) is 27.9. The Labute approximate surface area is 162 Å². The van der Waals surface area contributed by atoms with Crippen LogP contribution in [0.15, 0.2) is 30.3 Å². The minimum Gasteiger partial charge on any atom is -0.353 e. The highest BCUT2D eigenvalue weighted by molar-refractivity contribution is 5.89. The van der Waals surface area contributed by atoms with Crippen molar-refractivity contribution in [2.75, 3.05) is 6.61 Å². The van der Waals surface area contributed by atoms with Gasteiger partial charge < -0.3 is 10.1 Å². The van der Waals surface area contributed by atoms with E-state index in [0.29, 0.717) is 5.92 Å². The van der Waals surface area contributed by atoms with E-state index in [1.165, 1.54) is 0 Å². The lowest BCUT2D eigenvalue weighted by Gasteiger charge is -2.43. The minimum atomic E-state index is -0.605. The number of amides is 2. The van der Waals surface area contributed by atoms with Gasteiger partial charge in [0.25, 0.3) is 0 Å². The number of carbonyl (C=O) groups is 2. The molecule has 3 rings (SSSR count). The first-order valence-electron chi connectivity index (χ1n) is 10.2. The molecule has 1 saturated carbocycles. The van der Waals surface area contributed by atoms with Gasteiger partial charge in [0.2, 0.25) is 11.8 Å². The Hall–Kier alpha value is -1.88. The summed E-state index contributed by atoms with van der Waals surface area (Å²) in [7, 11) is 0. The van der Waals surface area contributed by atoms with Gasteiger partial charge in [0.1, 0.15) is 11.8 Å². The van der Waals surface area contributed by atoms with Crippen LogP contribution in [0.25, 0.3) is 0 Å². The van der Waals surface area contributed by atoms with Crippen molar-refractivity contribution in [3.05, 3.63) is 35.9 Å². The monoisotopic (exact) mass is 372 g/mol. The van der Waals surface area contributed by atoms with E-state index in [0.717, 1.165) is 31.2 Å². The van der Waals surface area contributed by atoms with Crippen LogP contribution >= 0.6 is 0 Å². The van der Waals surface area contributed by atoms with Gasteiger partial charge in [-0.15, -0.1) is 0 Å². The fourth-order valence-electron chi connectivity index (χ4n) is 4.22. The number of nitrogens with one attached hydrogen (secondary N) is 1. The molecule has 1 N–H and O–H groups in total. The van der Waals surface area contributed by atoms with Crippen molar-refractivity contribution in [2.24, 2.45) is 11.8 Å². The van der Waals surface area contributed by atoms with Crippen LogP contribution < -0.4 is 5.32 Å². The maximum atomic E-state index is 13.1. The lowest BCUT2D eigenvalue weighted by Crippen LogP contribution is -2.58. The molecule has 0 aromatic heterocycles. The number of ether oxygens (including phenoxy) is 1. The second-order valence-corrected chi connectivity index (χ2v) is 8.46. The largest absolute Gasteiger partial charge is 0.353 e. The number of hydrogen-bond donors (Lipinski definition) is 1. The summed E-state index contributed by atoms with van der Waals surface area (Å²) in [6.45, 7) is 8.26. The van der Waals surface area contributed by atoms with E-state index in [2.05, 4.69) is 12.2 Å². The van der Waals surface area contributed by atoms with Gasteiger partial charge in [-0.3, -0.25) is 14.5 Å². The summed E-state index contributed by atoms with van der Waals surface area (Å²) in [6.07, 6.45) is 3.67. The Balaban J connectivity index is 1.78. The Morgan fingerprint density at radius 3 is 2.37 bits per heavy atom. The maximum absolute atomic E-state index is 13.1. The topological polar surface area (TPSA) is 58.6 Å². The highest BCUT2D eigenvalue weighted by Gasteiger charge is 2.53. The van der Waals surface area contributed by atoms with Crippen LogP contribution in [-0.4, -0.2) is 35.1 Å². The van der Waals surface area contributed by atoms with Crippen LogP contribution in [0.4, 0.5) is 0 Å². The molecule has 2 unspecified atom stereocenters. The molecule has 0 radical (unpaired) electrons. The molecule has 5 nitrogen and oxygen atoms in total. The maximum Gasteiger partial charge on any atom is 0.245 e. The van der Waals surface area contributed by atoms with Crippen LogP contribution in [0, 0.1) is 11.8 Å². The molecular weight excluding hydrogens is 340 g/mol. The highest BCUT2D eigenvalue weighted by atomic mass is 16.5. The molecular formula is C22H32N2O3. The van der Waals surface area contributed by atoms with Crippen LogP contribution in [0.2, 0.25) is 0 Å². The van der Waals surface area contributed by atoms with Crippen LogP contribution in [0.5, 0.6) is 0 Å². The first kappa shape index (κ1) is 19.9. The van der Waals surface area contributed by atoms with Gasteiger partial charge in [-0.1, -0.05) is 51.1 Å². The molecule has 2 aliphatic rings. The van der Waals surface area contributed by atoms with Gasteiger partial charge in [0.15, 0.2) is 0 Å². The normalized spacial score (nSPS) is 29.1. The summed E-state index contributed by atoms with van der Waals surface area (Å²) < 4.78 is 6.18. The zero-order chi connectivity index (χ0) is 19.6. The Morgan fingerprint density at radius 2 is 1.78 bits per heavy atom. The molecule has 1 saturated heterocycles. The molecule has 1 aliphatic carbocycles. The summed E-state index contributed by atoms with van der Waals surface area (Å²) in [5.41, 5.74) is 0.443. The predicted octanol–water partition coefficient (Wildman–Crippen LogP) is 3.65. The van der Waals surface area contributed by atoms with E-state index in [-0.39, 0.29) is 30.4 Å². The van der Waals surface area contributed by atoms with Gasteiger partial charge in [0, 0.05) is 5.92 Å². The molecule has 148 valence electrons. The summed E-state index contributed by atoms with van der Waals surface area (Å²) in [5, 5.41) is 3.08. The third-order valence-electron chi connectivity index (χ3n) is 6.01. The number of rotatable bonds is 4. The number of benzene rings is 1. The lowest BCUT2D eigenvalue weighted by molar-refractivity contribution is -0.164. The van der Waals surface area contributed by atoms with Crippen LogP contribution in [-0.2, 0) is 14.3 Å². The van der Waals surface area contributed by atoms with E-state index < -0.39 is 11.8 Å². The third-order valence-corrected chi connectivity index (χ3v) is 6.01. The Morgan fingerprint density at radius 1 is 1.15 bits per heavy atom. The molecule has 1 aliphatic heterocycles. The van der Waals surface area contributed by atoms with Gasteiger partial charge in [-0.05, 0) is 44.1 Å². The van der Waals surface area contributed by atoms with Crippen molar-refractivity contribution < 1.29 is 14.3 Å². The molecule has 1 heterocycles. The van der Waals surface area contributed by atoms with Crippen LogP contribution in [0.1, 0.15) is 65.0 Å². The van der Waals surface area contributed by atoms with E-state index in [4.69, 9.17) is 4.74 Å². The second-order valence-electron chi connectivity index (χ2n) is 8.46. The summed E-state index contributed by atoms with van der Waals surface area (Å²) >= 11 is 0. The molecule has 2 fully saturated rings. The third kappa shape index (κ3) is 4.03. The van der Waals surface area contributed by atoms with E-state index in [1.54, 1.807) is 4.90 Å². The molecule has 5 heteroatoms. The smallest absolute Gasteiger partial charge is 0.245 e. The van der Waals surface area contributed by atoms with E-state index in [1.807, 2.05) is 51.1 Å². The average molecular weight is 373 g/mol. The molecule has 27 heavy (non-hydrogen) atoms. The molecule has 2 atom stereocenters. The second kappa shape index (κ2) is 8.01. The molecule has 1 spiro atoms. The first-order valence-corrected chi connectivity index (χ1v) is 10.2. The van der Waals surface area contributed by atoms with Gasteiger partial charge in [-0.2, -0.15) is 0 Å². The average Bonchev–Trinajstić information content (AvgIpc) is 3.03. The van der Waals surface area contributed by atoms with Crippen molar-refractivity contribution in [2.45, 2.75) is 71.2 Å². The first-order chi connectivity index (χ1) is 12.8. The lowest BCUT2D eigenvalue weighted by atomic mass is 9.83. The van der Waals surface area contributed by atoms with Crippen molar-refractivity contribution in [3.8, 4) is 0 Å². The fraction of sp³-hybridized carbons (Fsp3) is 0.636. The van der Waals surface area contributed by atoms with E-state index in [9.17, 15) is 9.59 Å². The predicted molar refractivity (Wildman–Crippen MR) is 105 cm³/mol. The van der Waals surface area contributed by atoms with Crippen molar-refractivity contribution >= 4 is 11.8 Å². The number of hydrogen-bond acceptors (Lipinski definition) is 3.